The van der Waals surface area contributed by atoms with Crippen LogP contribution in [0.3, 0.4) is 0 Å². The molecule has 0 aromatic carbocycles. The van der Waals surface area contributed by atoms with Crippen molar-refractivity contribution in [2.45, 2.75) is 39.3 Å². The molecular formula is C10H18N2OS. The van der Waals surface area contributed by atoms with Crippen LogP contribution in [0.15, 0.2) is 6.20 Å². The molecule has 0 spiro atoms. The normalized spacial score (nSPS) is 15.4. The van der Waals surface area contributed by atoms with E-state index >= 15 is 0 Å². The van der Waals surface area contributed by atoms with Crippen molar-refractivity contribution >= 4 is 11.3 Å². The van der Waals surface area contributed by atoms with Gasteiger partial charge in [-0.2, -0.15) is 0 Å². The second-order valence-electron chi connectivity index (χ2n) is 3.85. The van der Waals surface area contributed by atoms with Gasteiger partial charge in [0.25, 0.3) is 0 Å². The van der Waals surface area contributed by atoms with Gasteiger partial charge in [0.05, 0.1) is 23.1 Å². The van der Waals surface area contributed by atoms with Gasteiger partial charge in [-0.15, -0.1) is 11.3 Å². The molecule has 0 bridgehead atoms. The Morgan fingerprint density at radius 3 is 2.86 bits per heavy atom. The Labute approximate surface area is 89.3 Å². The number of hydrogen-bond donors (Lipinski definition) is 1. The van der Waals surface area contributed by atoms with Crippen molar-refractivity contribution in [3.63, 3.8) is 0 Å². The van der Waals surface area contributed by atoms with E-state index in [-0.39, 0.29) is 5.54 Å². The zero-order valence-corrected chi connectivity index (χ0v) is 9.86. The summed E-state index contributed by atoms with van der Waals surface area (Å²) in [6, 6.07) is 0. The Balaban J connectivity index is 2.28. The summed E-state index contributed by atoms with van der Waals surface area (Å²) in [4.78, 5) is 5.32. The lowest BCUT2D eigenvalue weighted by atomic mass is 10.0. The molecule has 1 atom stereocenters. The largest absolute Gasteiger partial charge is 0.374 e. The van der Waals surface area contributed by atoms with Gasteiger partial charge in [-0.05, 0) is 20.3 Å². The summed E-state index contributed by atoms with van der Waals surface area (Å²) in [6.45, 7) is 7.29. The van der Waals surface area contributed by atoms with Crippen LogP contribution in [0, 0.1) is 6.92 Å². The highest BCUT2D eigenvalue weighted by Gasteiger charge is 2.15. The van der Waals surface area contributed by atoms with E-state index in [0.29, 0.717) is 13.2 Å². The Morgan fingerprint density at radius 1 is 1.64 bits per heavy atom. The smallest absolute Gasteiger partial charge is 0.0897 e. The van der Waals surface area contributed by atoms with Crippen molar-refractivity contribution in [2.75, 3.05) is 6.61 Å². The SMILES string of the molecule is CCC(C)(N)COCc1cnc(C)s1. The lowest BCUT2D eigenvalue weighted by molar-refractivity contribution is 0.0793. The highest BCUT2D eigenvalue weighted by atomic mass is 32.1. The van der Waals surface area contributed by atoms with Crippen LogP contribution in [-0.2, 0) is 11.3 Å². The van der Waals surface area contributed by atoms with Gasteiger partial charge in [0.15, 0.2) is 0 Å². The summed E-state index contributed by atoms with van der Waals surface area (Å²) in [6.07, 6.45) is 2.79. The molecule has 0 fully saturated rings. The Hall–Kier alpha value is -0.450. The number of ether oxygens (including phenoxy) is 1. The maximum Gasteiger partial charge on any atom is 0.0897 e. The van der Waals surface area contributed by atoms with Gasteiger partial charge in [0.1, 0.15) is 0 Å². The van der Waals surface area contributed by atoms with E-state index in [2.05, 4.69) is 11.9 Å². The average Bonchev–Trinajstić information content (AvgIpc) is 2.51. The van der Waals surface area contributed by atoms with E-state index in [1.54, 1.807) is 11.3 Å². The monoisotopic (exact) mass is 214 g/mol. The number of aromatic nitrogens is 1. The highest BCUT2D eigenvalue weighted by molar-refractivity contribution is 7.11. The third kappa shape index (κ3) is 3.74. The molecule has 0 amide bonds. The molecule has 0 aliphatic rings. The first-order chi connectivity index (χ1) is 6.53. The molecule has 1 aromatic heterocycles. The summed E-state index contributed by atoms with van der Waals surface area (Å²) < 4.78 is 5.53. The van der Waals surface area contributed by atoms with Gasteiger partial charge < -0.3 is 10.5 Å². The lowest BCUT2D eigenvalue weighted by Gasteiger charge is -2.21. The van der Waals surface area contributed by atoms with Crippen molar-refractivity contribution in [1.82, 2.24) is 4.98 Å². The second kappa shape index (κ2) is 4.87. The summed E-state index contributed by atoms with van der Waals surface area (Å²) in [7, 11) is 0. The molecule has 80 valence electrons. The molecule has 1 aromatic rings. The van der Waals surface area contributed by atoms with Gasteiger partial charge in [-0.3, -0.25) is 0 Å². The maximum absolute atomic E-state index is 5.95. The van der Waals surface area contributed by atoms with Crippen LogP contribution >= 0.6 is 11.3 Å². The number of hydrogen-bond acceptors (Lipinski definition) is 4. The van der Waals surface area contributed by atoms with Crippen LogP contribution < -0.4 is 5.73 Å². The standard InChI is InChI=1S/C10H18N2OS/c1-4-10(3,11)7-13-6-9-5-12-8(2)14-9/h5H,4,6-7,11H2,1-3H3. The van der Waals surface area contributed by atoms with Crippen LogP contribution in [0.1, 0.15) is 30.2 Å². The van der Waals surface area contributed by atoms with Crippen LogP contribution in [0.2, 0.25) is 0 Å². The number of nitrogens with two attached hydrogens (primary N) is 1. The van der Waals surface area contributed by atoms with Crippen molar-refractivity contribution in [3.8, 4) is 0 Å². The minimum atomic E-state index is -0.209. The third-order valence-corrected chi connectivity index (χ3v) is 3.04. The molecular weight excluding hydrogens is 196 g/mol. The zero-order valence-electron chi connectivity index (χ0n) is 9.04. The van der Waals surface area contributed by atoms with Gasteiger partial charge in [0.2, 0.25) is 0 Å². The van der Waals surface area contributed by atoms with Crippen LogP contribution in [0.4, 0.5) is 0 Å². The van der Waals surface area contributed by atoms with E-state index in [0.717, 1.165) is 16.3 Å². The van der Waals surface area contributed by atoms with Crippen LogP contribution in [-0.4, -0.2) is 17.1 Å². The molecule has 0 saturated heterocycles. The van der Waals surface area contributed by atoms with Crippen LogP contribution in [0.5, 0.6) is 0 Å². The van der Waals surface area contributed by atoms with Crippen LogP contribution in [0.25, 0.3) is 0 Å². The minimum absolute atomic E-state index is 0.209. The Morgan fingerprint density at radius 2 is 2.36 bits per heavy atom. The summed E-state index contributed by atoms with van der Waals surface area (Å²) >= 11 is 1.67. The minimum Gasteiger partial charge on any atom is -0.374 e. The van der Waals surface area contributed by atoms with E-state index in [9.17, 15) is 0 Å². The van der Waals surface area contributed by atoms with Crippen molar-refractivity contribution in [1.29, 1.82) is 0 Å². The predicted octanol–water partition coefficient (Wildman–Crippen LogP) is 2.10. The molecule has 1 rings (SSSR count). The fourth-order valence-corrected chi connectivity index (χ4v) is 1.69. The molecule has 3 nitrogen and oxygen atoms in total. The predicted molar refractivity (Wildman–Crippen MR) is 59.4 cm³/mol. The summed E-state index contributed by atoms with van der Waals surface area (Å²) in [5.41, 5.74) is 5.74. The number of thiazole rings is 1. The quantitative estimate of drug-likeness (QED) is 0.816. The van der Waals surface area contributed by atoms with Gasteiger partial charge in [-0.25, -0.2) is 4.98 Å². The van der Waals surface area contributed by atoms with Gasteiger partial charge in [0, 0.05) is 11.7 Å². The average molecular weight is 214 g/mol. The molecule has 4 heteroatoms. The molecule has 1 unspecified atom stereocenters. The molecule has 14 heavy (non-hydrogen) atoms. The first kappa shape index (κ1) is 11.6. The number of nitrogens with zero attached hydrogens (tertiary/aromatic N) is 1. The fourth-order valence-electron chi connectivity index (χ4n) is 0.959. The Kier molecular flexibility index (Phi) is 4.04. The molecule has 2 N–H and O–H groups in total. The van der Waals surface area contributed by atoms with Crippen molar-refractivity contribution in [3.05, 3.63) is 16.1 Å². The second-order valence-corrected chi connectivity index (χ2v) is 5.17. The highest BCUT2D eigenvalue weighted by Crippen LogP contribution is 2.13. The summed E-state index contributed by atoms with van der Waals surface area (Å²) in [5.74, 6) is 0. The van der Waals surface area contributed by atoms with E-state index in [1.165, 1.54) is 0 Å². The molecule has 0 aliphatic heterocycles. The van der Waals surface area contributed by atoms with Crippen molar-refractivity contribution in [2.24, 2.45) is 5.73 Å². The van der Waals surface area contributed by atoms with Gasteiger partial charge in [-0.1, -0.05) is 6.92 Å². The van der Waals surface area contributed by atoms with E-state index in [1.807, 2.05) is 20.0 Å². The van der Waals surface area contributed by atoms with E-state index in [4.69, 9.17) is 10.5 Å². The third-order valence-electron chi connectivity index (χ3n) is 2.15. The fraction of sp³-hybridized carbons (Fsp3) is 0.700. The summed E-state index contributed by atoms with van der Waals surface area (Å²) in [5, 5.41) is 1.08. The topological polar surface area (TPSA) is 48.1 Å². The first-order valence-corrected chi connectivity index (χ1v) is 5.63. The van der Waals surface area contributed by atoms with Crippen molar-refractivity contribution < 1.29 is 4.74 Å². The molecule has 1 heterocycles. The first-order valence-electron chi connectivity index (χ1n) is 4.81. The molecule has 0 radical (unpaired) electrons. The number of rotatable bonds is 5. The maximum atomic E-state index is 5.95. The zero-order chi connectivity index (χ0) is 10.6. The molecule has 0 saturated carbocycles. The Bertz CT molecular complexity index is 283. The molecule has 0 aliphatic carbocycles. The van der Waals surface area contributed by atoms with E-state index < -0.39 is 0 Å². The lowest BCUT2D eigenvalue weighted by Crippen LogP contribution is -2.40. The number of aryl methyl sites for hydroxylation is 1. The van der Waals surface area contributed by atoms with Gasteiger partial charge >= 0.3 is 0 Å².